The van der Waals surface area contributed by atoms with Crippen LogP contribution < -0.4 is 10.6 Å². The molecular formula is C16H23N5. The average molecular weight is 285 g/mol. The second-order valence-electron chi connectivity index (χ2n) is 5.70. The van der Waals surface area contributed by atoms with Gasteiger partial charge < -0.3 is 10.6 Å². The number of nitrogen functional groups attached to an aromatic ring is 1. The number of piperazine rings is 1. The molecule has 1 aromatic carbocycles. The Balaban J connectivity index is 1.63. The molecule has 0 aliphatic carbocycles. The molecule has 0 spiro atoms. The van der Waals surface area contributed by atoms with Crippen LogP contribution in [0.25, 0.3) is 0 Å². The molecule has 0 unspecified atom stereocenters. The zero-order chi connectivity index (χ0) is 14.8. The van der Waals surface area contributed by atoms with Gasteiger partial charge in [0.15, 0.2) is 0 Å². The average Bonchev–Trinajstić information content (AvgIpc) is 2.74. The van der Waals surface area contributed by atoms with Crippen LogP contribution in [0.4, 0.5) is 11.5 Å². The molecule has 5 nitrogen and oxygen atoms in total. The van der Waals surface area contributed by atoms with E-state index in [1.165, 1.54) is 5.56 Å². The highest BCUT2D eigenvalue weighted by molar-refractivity contribution is 5.66. The SMILES string of the molecule is Cc1nn(C)c(N2CCN(Cc3ccccc3)CC2)c1N. The lowest BCUT2D eigenvalue weighted by molar-refractivity contribution is 0.248. The van der Waals surface area contributed by atoms with E-state index in [0.29, 0.717) is 0 Å². The van der Waals surface area contributed by atoms with Crippen LogP contribution in [0.15, 0.2) is 30.3 Å². The fraction of sp³-hybridized carbons (Fsp3) is 0.438. The summed E-state index contributed by atoms with van der Waals surface area (Å²) in [6.07, 6.45) is 0. The fourth-order valence-corrected chi connectivity index (χ4v) is 3.00. The zero-order valence-corrected chi connectivity index (χ0v) is 12.8. The van der Waals surface area contributed by atoms with Crippen LogP contribution in [0.3, 0.4) is 0 Å². The molecule has 0 saturated carbocycles. The molecule has 112 valence electrons. The van der Waals surface area contributed by atoms with E-state index in [-0.39, 0.29) is 0 Å². The summed E-state index contributed by atoms with van der Waals surface area (Å²) in [5, 5.41) is 4.41. The highest BCUT2D eigenvalue weighted by Gasteiger charge is 2.22. The van der Waals surface area contributed by atoms with Gasteiger partial charge in [-0.2, -0.15) is 5.10 Å². The number of anilines is 2. The lowest BCUT2D eigenvalue weighted by Gasteiger charge is -2.36. The van der Waals surface area contributed by atoms with Gasteiger partial charge in [0.05, 0.1) is 11.4 Å². The Hall–Kier alpha value is -2.01. The smallest absolute Gasteiger partial charge is 0.150 e. The van der Waals surface area contributed by atoms with Crippen LogP contribution in [-0.2, 0) is 13.6 Å². The molecule has 5 heteroatoms. The number of benzene rings is 1. The Morgan fingerprint density at radius 3 is 2.33 bits per heavy atom. The normalized spacial score (nSPS) is 16.4. The van der Waals surface area contributed by atoms with Crippen molar-refractivity contribution in [1.29, 1.82) is 0 Å². The van der Waals surface area contributed by atoms with Crippen molar-refractivity contribution in [2.24, 2.45) is 7.05 Å². The minimum Gasteiger partial charge on any atom is -0.394 e. The van der Waals surface area contributed by atoms with Crippen molar-refractivity contribution in [1.82, 2.24) is 14.7 Å². The molecule has 21 heavy (non-hydrogen) atoms. The lowest BCUT2D eigenvalue weighted by atomic mass is 10.2. The van der Waals surface area contributed by atoms with Gasteiger partial charge in [-0.05, 0) is 12.5 Å². The number of hydrogen-bond donors (Lipinski definition) is 1. The van der Waals surface area contributed by atoms with Crippen LogP contribution in [0.5, 0.6) is 0 Å². The first kappa shape index (κ1) is 13.9. The third-order valence-corrected chi connectivity index (χ3v) is 4.16. The highest BCUT2D eigenvalue weighted by atomic mass is 15.4. The molecule has 3 rings (SSSR count). The monoisotopic (exact) mass is 285 g/mol. The highest BCUT2D eigenvalue weighted by Crippen LogP contribution is 2.26. The molecule has 0 atom stereocenters. The fourth-order valence-electron chi connectivity index (χ4n) is 3.00. The van der Waals surface area contributed by atoms with Crippen molar-refractivity contribution in [2.75, 3.05) is 36.8 Å². The van der Waals surface area contributed by atoms with E-state index < -0.39 is 0 Å². The first-order chi connectivity index (χ1) is 10.1. The summed E-state index contributed by atoms with van der Waals surface area (Å²) < 4.78 is 1.90. The van der Waals surface area contributed by atoms with Crippen molar-refractivity contribution in [2.45, 2.75) is 13.5 Å². The van der Waals surface area contributed by atoms with Gasteiger partial charge in [-0.25, -0.2) is 0 Å². The first-order valence-electron chi connectivity index (χ1n) is 7.45. The Morgan fingerprint density at radius 2 is 1.76 bits per heavy atom. The maximum atomic E-state index is 6.15. The van der Waals surface area contributed by atoms with Crippen LogP contribution in [0.1, 0.15) is 11.3 Å². The second-order valence-corrected chi connectivity index (χ2v) is 5.70. The quantitative estimate of drug-likeness (QED) is 0.931. The van der Waals surface area contributed by atoms with Crippen molar-refractivity contribution >= 4 is 11.5 Å². The van der Waals surface area contributed by atoms with Crippen LogP contribution in [-0.4, -0.2) is 40.9 Å². The maximum absolute atomic E-state index is 6.15. The summed E-state index contributed by atoms with van der Waals surface area (Å²) in [5.41, 5.74) is 9.26. The minimum atomic E-state index is 0.814. The number of rotatable bonds is 3. The van der Waals surface area contributed by atoms with E-state index in [1.54, 1.807) is 0 Å². The van der Waals surface area contributed by atoms with Crippen molar-refractivity contribution < 1.29 is 0 Å². The molecule has 0 radical (unpaired) electrons. The number of nitrogens with zero attached hydrogens (tertiary/aromatic N) is 4. The van der Waals surface area contributed by atoms with E-state index in [1.807, 2.05) is 18.7 Å². The lowest BCUT2D eigenvalue weighted by Crippen LogP contribution is -2.46. The molecule has 1 aliphatic rings. The number of nitrogens with two attached hydrogens (primary N) is 1. The predicted octanol–water partition coefficient (Wildman–Crippen LogP) is 1.63. The van der Waals surface area contributed by atoms with E-state index in [0.717, 1.165) is 49.9 Å². The Kier molecular flexibility index (Phi) is 3.84. The van der Waals surface area contributed by atoms with Crippen LogP contribution in [0, 0.1) is 6.92 Å². The van der Waals surface area contributed by atoms with Gasteiger partial charge in [0.2, 0.25) is 0 Å². The summed E-state index contributed by atoms with van der Waals surface area (Å²) in [6, 6.07) is 10.6. The van der Waals surface area contributed by atoms with Gasteiger partial charge in [0, 0.05) is 39.8 Å². The summed E-state index contributed by atoms with van der Waals surface area (Å²) in [6.45, 7) is 7.09. The molecule has 0 bridgehead atoms. The van der Waals surface area contributed by atoms with E-state index in [2.05, 4.69) is 45.2 Å². The van der Waals surface area contributed by atoms with Crippen LogP contribution >= 0.6 is 0 Å². The van der Waals surface area contributed by atoms with Gasteiger partial charge >= 0.3 is 0 Å². The van der Waals surface area contributed by atoms with Crippen molar-refractivity contribution in [3.63, 3.8) is 0 Å². The molecule has 1 fully saturated rings. The maximum Gasteiger partial charge on any atom is 0.150 e. The van der Waals surface area contributed by atoms with Gasteiger partial charge in [-0.3, -0.25) is 9.58 Å². The molecule has 1 aromatic heterocycles. The molecule has 0 amide bonds. The second kappa shape index (κ2) is 5.77. The minimum absolute atomic E-state index is 0.814. The van der Waals surface area contributed by atoms with E-state index in [4.69, 9.17) is 5.73 Å². The largest absolute Gasteiger partial charge is 0.394 e. The van der Waals surface area contributed by atoms with Gasteiger partial charge in [-0.15, -0.1) is 0 Å². The molecule has 1 saturated heterocycles. The number of aromatic nitrogens is 2. The number of hydrogen-bond acceptors (Lipinski definition) is 4. The van der Waals surface area contributed by atoms with Crippen molar-refractivity contribution in [3.8, 4) is 0 Å². The molecule has 1 aliphatic heterocycles. The summed E-state index contributed by atoms with van der Waals surface area (Å²) in [5.74, 6) is 1.06. The predicted molar refractivity (Wildman–Crippen MR) is 86.3 cm³/mol. The summed E-state index contributed by atoms with van der Waals surface area (Å²) in [7, 11) is 1.97. The summed E-state index contributed by atoms with van der Waals surface area (Å²) >= 11 is 0. The number of aryl methyl sites for hydroxylation is 2. The van der Waals surface area contributed by atoms with E-state index in [9.17, 15) is 0 Å². The zero-order valence-electron chi connectivity index (χ0n) is 12.8. The molecular weight excluding hydrogens is 262 g/mol. The summed E-state index contributed by atoms with van der Waals surface area (Å²) in [4.78, 5) is 4.84. The van der Waals surface area contributed by atoms with Crippen molar-refractivity contribution in [3.05, 3.63) is 41.6 Å². The molecule has 2 heterocycles. The Labute approximate surface area is 126 Å². The van der Waals surface area contributed by atoms with Crippen LogP contribution in [0.2, 0.25) is 0 Å². The first-order valence-corrected chi connectivity index (χ1v) is 7.45. The topological polar surface area (TPSA) is 50.3 Å². The molecule has 2 N–H and O–H groups in total. The third kappa shape index (κ3) is 2.88. The standard InChI is InChI=1S/C16H23N5/c1-13-15(17)16(19(2)18-13)21-10-8-20(9-11-21)12-14-6-4-3-5-7-14/h3-7H,8-12,17H2,1-2H3. The molecule has 2 aromatic rings. The third-order valence-electron chi connectivity index (χ3n) is 4.16. The van der Waals surface area contributed by atoms with Gasteiger partial charge in [0.25, 0.3) is 0 Å². The Morgan fingerprint density at radius 1 is 1.10 bits per heavy atom. The van der Waals surface area contributed by atoms with E-state index >= 15 is 0 Å². The van der Waals surface area contributed by atoms with Gasteiger partial charge in [-0.1, -0.05) is 30.3 Å². The van der Waals surface area contributed by atoms with Gasteiger partial charge in [0.1, 0.15) is 5.82 Å². The Bertz CT molecular complexity index is 597.